The van der Waals surface area contributed by atoms with Gasteiger partial charge in [-0.3, -0.25) is 4.98 Å². The minimum Gasteiger partial charge on any atom is -0.476 e. The van der Waals surface area contributed by atoms with Gasteiger partial charge in [-0.1, -0.05) is 18.2 Å². The maximum Gasteiger partial charge on any atom is 0.357 e. The van der Waals surface area contributed by atoms with Crippen molar-refractivity contribution in [2.45, 2.75) is 6.92 Å². The summed E-state index contributed by atoms with van der Waals surface area (Å²) in [6.45, 7) is 1.91. The van der Waals surface area contributed by atoms with Gasteiger partial charge < -0.3 is 14.8 Å². The van der Waals surface area contributed by atoms with Gasteiger partial charge in [0.05, 0.1) is 11.2 Å². The van der Waals surface area contributed by atoms with E-state index in [1.54, 1.807) is 0 Å². The Bertz CT molecular complexity index is 795. The number of carbonyl (C=O) groups is 1. The predicted octanol–water partition coefficient (Wildman–Crippen LogP) is 2.97. The zero-order valence-corrected chi connectivity index (χ0v) is 10.6. The van der Waals surface area contributed by atoms with Crippen LogP contribution in [0.1, 0.15) is 16.2 Å². The molecule has 2 aromatic heterocycles. The zero-order chi connectivity index (χ0) is 14.1. The molecule has 0 atom stereocenters. The van der Waals surface area contributed by atoms with Crippen LogP contribution < -0.4 is 5.32 Å². The molecule has 0 unspecified atom stereocenters. The zero-order valence-electron chi connectivity index (χ0n) is 10.6. The summed E-state index contributed by atoms with van der Waals surface area (Å²) in [5.74, 6) is -1.13. The van der Waals surface area contributed by atoms with Crippen LogP contribution in [0.3, 0.4) is 0 Å². The van der Waals surface area contributed by atoms with Crippen molar-refractivity contribution in [3.05, 3.63) is 48.0 Å². The van der Waals surface area contributed by atoms with E-state index in [1.807, 2.05) is 37.3 Å². The molecule has 3 rings (SSSR count). The summed E-state index contributed by atoms with van der Waals surface area (Å²) in [6, 6.07) is 9.69. The first kappa shape index (κ1) is 12.2. The fourth-order valence-electron chi connectivity index (χ4n) is 1.89. The first-order chi connectivity index (χ1) is 9.63. The van der Waals surface area contributed by atoms with E-state index < -0.39 is 5.97 Å². The number of pyridine rings is 1. The van der Waals surface area contributed by atoms with Crippen molar-refractivity contribution in [2.75, 3.05) is 5.32 Å². The maximum atomic E-state index is 10.8. The van der Waals surface area contributed by atoms with Gasteiger partial charge in [-0.05, 0) is 19.1 Å². The minimum absolute atomic E-state index is 0.123. The van der Waals surface area contributed by atoms with Crippen LogP contribution in [0.4, 0.5) is 11.7 Å². The number of nitrogens with zero attached hydrogens (tertiary/aromatic N) is 2. The molecule has 6 nitrogen and oxygen atoms in total. The van der Waals surface area contributed by atoms with Crippen molar-refractivity contribution in [1.82, 2.24) is 9.97 Å². The van der Waals surface area contributed by atoms with E-state index in [2.05, 4.69) is 15.3 Å². The quantitative estimate of drug-likeness (QED) is 0.760. The number of anilines is 2. The molecular weight excluding hydrogens is 258 g/mol. The van der Waals surface area contributed by atoms with Gasteiger partial charge in [0, 0.05) is 11.1 Å². The molecule has 0 spiro atoms. The summed E-state index contributed by atoms with van der Waals surface area (Å²) in [5, 5.41) is 12.7. The monoisotopic (exact) mass is 269 g/mol. The van der Waals surface area contributed by atoms with E-state index in [4.69, 9.17) is 9.52 Å². The van der Waals surface area contributed by atoms with Crippen LogP contribution in [0.5, 0.6) is 0 Å². The normalized spacial score (nSPS) is 10.7. The van der Waals surface area contributed by atoms with Gasteiger partial charge in [0.25, 0.3) is 6.01 Å². The Balaban J connectivity index is 2.01. The number of carboxylic acid groups (broad SMARTS) is 1. The fourth-order valence-corrected chi connectivity index (χ4v) is 1.89. The average Bonchev–Trinajstić information content (AvgIpc) is 2.88. The van der Waals surface area contributed by atoms with Gasteiger partial charge >= 0.3 is 5.97 Å². The van der Waals surface area contributed by atoms with Gasteiger partial charge in [-0.15, -0.1) is 0 Å². The van der Waals surface area contributed by atoms with Crippen LogP contribution in [0.15, 0.2) is 41.0 Å². The third-order valence-corrected chi connectivity index (χ3v) is 2.82. The summed E-state index contributed by atoms with van der Waals surface area (Å²) in [4.78, 5) is 19.1. The predicted molar refractivity (Wildman–Crippen MR) is 73.2 cm³/mol. The van der Waals surface area contributed by atoms with Crippen molar-refractivity contribution >= 4 is 28.6 Å². The molecule has 6 heteroatoms. The van der Waals surface area contributed by atoms with Crippen molar-refractivity contribution in [2.24, 2.45) is 0 Å². The molecule has 2 heterocycles. The molecule has 0 aliphatic carbocycles. The lowest BCUT2D eigenvalue weighted by Crippen LogP contribution is -1.98. The van der Waals surface area contributed by atoms with Crippen molar-refractivity contribution in [1.29, 1.82) is 0 Å². The molecule has 0 fully saturated rings. The standard InChI is InChI=1S/C14H11N3O3/c1-8-5-6-9-3-2-4-10(12(9)15-8)16-14-17-11(7-20-14)13(18)19/h2-7H,1H3,(H,16,17)(H,18,19). The number of aromatic carboxylic acids is 1. The number of para-hydroxylation sites is 1. The number of aryl methyl sites for hydroxylation is 1. The molecule has 1 aromatic carbocycles. The first-order valence-electron chi connectivity index (χ1n) is 5.96. The Labute approximate surface area is 114 Å². The van der Waals surface area contributed by atoms with E-state index in [9.17, 15) is 4.79 Å². The Hall–Kier alpha value is -2.89. The number of rotatable bonds is 3. The highest BCUT2D eigenvalue weighted by atomic mass is 16.4. The summed E-state index contributed by atoms with van der Waals surface area (Å²) >= 11 is 0. The topological polar surface area (TPSA) is 88.2 Å². The SMILES string of the molecule is Cc1ccc2cccc(Nc3nc(C(=O)O)co3)c2n1. The molecule has 0 bridgehead atoms. The second-order valence-corrected chi connectivity index (χ2v) is 4.30. The largest absolute Gasteiger partial charge is 0.476 e. The number of fused-ring (bicyclic) bond motifs is 1. The Morgan fingerprint density at radius 3 is 2.85 bits per heavy atom. The molecule has 0 radical (unpaired) electrons. The van der Waals surface area contributed by atoms with Gasteiger partial charge in [-0.25, -0.2) is 4.79 Å². The number of aromatic nitrogens is 2. The summed E-state index contributed by atoms with van der Waals surface area (Å²) in [6.07, 6.45) is 1.09. The van der Waals surface area contributed by atoms with E-state index in [-0.39, 0.29) is 11.7 Å². The van der Waals surface area contributed by atoms with Crippen LogP contribution in [0, 0.1) is 6.92 Å². The number of nitrogens with one attached hydrogen (secondary N) is 1. The van der Waals surface area contributed by atoms with Crippen molar-refractivity contribution in [3.8, 4) is 0 Å². The number of benzene rings is 1. The molecule has 0 amide bonds. The smallest absolute Gasteiger partial charge is 0.357 e. The van der Waals surface area contributed by atoms with E-state index in [0.29, 0.717) is 5.69 Å². The van der Waals surface area contributed by atoms with E-state index in [1.165, 1.54) is 0 Å². The number of hydrogen-bond acceptors (Lipinski definition) is 5. The Morgan fingerprint density at radius 2 is 2.10 bits per heavy atom. The van der Waals surface area contributed by atoms with Crippen LogP contribution in [0.2, 0.25) is 0 Å². The highest BCUT2D eigenvalue weighted by Crippen LogP contribution is 2.24. The molecule has 0 saturated heterocycles. The van der Waals surface area contributed by atoms with Crippen LogP contribution in [0.25, 0.3) is 10.9 Å². The lowest BCUT2D eigenvalue weighted by atomic mass is 10.2. The van der Waals surface area contributed by atoms with Crippen LogP contribution in [-0.4, -0.2) is 21.0 Å². The summed E-state index contributed by atoms with van der Waals surface area (Å²) < 4.78 is 5.08. The van der Waals surface area contributed by atoms with Crippen molar-refractivity contribution < 1.29 is 14.3 Å². The fraction of sp³-hybridized carbons (Fsp3) is 0.0714. The number of oxazole rings is 1. The second-order valence-electron chi connectivity index (χ2n) is 4.30. The molecule has 2 N–H and O–H groups in total. The highest BCUT2D eigenvalue weighted by Gasteiger charge is 2.11. The molecule has 0 saturated carbocycles. The molecule has 0 aliphatic rings. The summed E-state index contributed by atoms with van der Waals surface area (Å²) in [5.41, 5.74) is 2.25. The van der Waals surface area contributed by atoms with Crippen molar-refractivity contribution in [3.63, 3.8) is 0 Å². The average molecular weight is 269 g/mol. The molecule has 100 valence electrons. The van der Waals surface area contributed by atoms with Crippen LogP contribution >= 0.6 is 0 Å². The third-order valence-electron chi connectivity index (χ3n) is 2.82. The lowest BCUT2D eigenvalue weighted by Gasteiger charge is -2.06. The van der Waals surface area contributed by atoms with E-state index >= 15 is 0 Å². The third kappa shape index (κ3) is 2.18. The van der Waals surface area contributed by atoms with Gasteiger partial charge in [0.2, 0.25) is 0 Å². The number of carboxylic acids is 1. The molecule has 20 heavy (non-hydrogen) atoms. The molecular formula is C14H11N3O3. The lowest BCUT2D eigenvalue weighted by molar-refractivity contribution is 0.0690. The second kappa shape index (κ2) is 4.65. The number of hydrogen-bond donors (Lipinski definition) is 2. The van der Waals surface area contributed by atoms with Gasteiger partial charge in [0.1, 0.15) is 6.26 Å². The Kier molecular flexibility index (Phi) is 2.83. The van der Waals surface area contributed by atoms with Crippen LogP contribution in [-0.2, 0) is 0 Å². The van der Waals surface area contributed by atoms with Gasteiger partial charge in [-0.2, -0.15) is 4.98 Å². The molecule has 3 aromatic rings. The maximum absolute atomic E-state index is 10.8. The van der Waals surface area contributed by atoms with Gasteiger partial charge in [0.15, 0.2) is 5.69 Å². The van der Waals surface area contributed by atoms with E-state index in [0.717, 1.165) is 22.9 Å². The molecule has 0 aliphatic heterocycles. The summed E-state index contributed by atoms with van der Waals surface area (Å²) in [7, 11) is 0. The highest BCUT2D eigenvalue weighted by molar-refractivity contribution is 5.92. The Morgan fingerprint density at radius 1 is 1.25 bits per heavy atom. The first-order valence-corrected chi connectivity index (χ1v) is 5.96. The minimum atomic E-state index is -1.13.